The van der Waals surface area contributed by atoms with Gasteiger partial charge in [0, 0.05) is 75.4 Å². The van der Waals surface area contributed by atoms with Crippen molar-refractivity contribution in [3.05, 3.63) is 70.0 Å². The number of hydrogen-bond donors (Lipinski definition) is 1. The highest BCUT2D eigenvalue weighted by atomic mass is 35.5. The van der Waals surface area contributed by atoms with Gasteiger partial charge in [-0.25, -0.2) is 4.39 Å². The van der Waals surface area contributed by atoms with E-state index in [-0.39, 0.29) is 34.8 Å². The number of carbonyl (C=O) groups excluding carboxylic acids is 2. The summed E-state index contributed by atoms with van der Waals surface area (Å²) < 4.78 is 53.4. The van der Waals surface area contributed by atoms with Crippen LogP contribution in [0.2, 0.25) is 5.02 Å². The van der Waals surface area contributed by atoms with Crippen LogP contribution in [0.5, 0.6) is 0 Å². The summed E-state index contributed by atoms with van der Waals surface area (Å²) in [6.45, 7) is 4.93. The van der Waals surface area contributed by atoms with E-state index >= 15 is 0 Å². The van der Waals surface area contributed by atoms with Crippen LogP contribution in [0.4, 0.5) is 17.6 Å². The highest BCUT2D eigenvalue weighted by molar-refractivity contribution is 6.31. The number of amides is 2. The lowest BCUT2D eigenvalue weighted by Gasteiger charge is -2.48. The van der Waals surface area contributed by atoms with E-state index in [2.05, 4.69) is 9.80 Å². The molecule has 1 atom stereocenters. The Balaban J connectivity index is 1.35. The van der Waals surface area contributed by atoms with Crippen molar-refractivity contribution in [2.45, 2.75) is 24.6 Å². The van der Waals surface area contributed by atoms with Gasteiger partial charge in [-0.05, 0) is 48.9 Å². The molecule has 0 unspecified atom stereocenters. The van der Waals surface area contributed by atoms with Gasteiger partial charge in [0.25, 0.3) is 5.91 Å². The molecular weight excluding hydrogens is 552 g/mol. The Bertz CT molecular complexity index is 1180. The SMILES string of the molecule is CN(C[C@@H](CCN1CC(N2CCN(C(=O)CO)CC2)C1)c1ccc(F)cc1)C(=O)c1cc(Cl)cc(C(F)(F)F)c1. The zero-order valence-electron chi connectivity index (χ0n) is 22.2. The summed E-state index contributed by atoms with van der Waals surface area (Å²) in [6, 6.07) is 9.26. The molecule has 2 amide bonds. The Kier molecular flexibility index (Phi) is 9.71. The average Bonchev–Trinajstić information content (AvgIpc) is 2.90. The number of likely N-dealkylation sites (N-methyl/N-ethyl adjacent to an activating group) is 1. The summed E-state index contributed by atoms with van der Waals surface area (Å²) >= 11 is 5.88. The van der Waals surface area contributed by atoms with Gasteiger partial charge in [-0.3, -0.25) is 14.5 Å². The molecule has 12 heteroatoms. The van der Waals surface area contributed by atoms with Crippen LogP contribution in [0.25, 0.3) is 0 Å². The van der Waals surface area contributed by atoms with Crippen LogP contribution in [0, 0.1) is 5.82 Å². The lowest BCUT2D eigenvalue weighted by molar-refractivity contribution is -0.138. The number of hydrogen-bond acceptors (Lipinski definition) is 5. The summed E-state index contributed by atoms with van der Waals surface area (Å²) in [5.74, 6) is -1.37. The molecule has 0 saturated carbocycles. The quantitative estimate of drug-likeness (QED) is 0.457. The Morgan fingerprint density at radius 3 is 2.33 bits per heavy atom. The Morgan fingerprint density at radius 2 is 1.73 bits per heavy atom. The van der Waals surface area contributed by atoms with Crippen molar-refractivity contribution in [1.82, 2.24) is 19.6 Å². The number of alkyl halides is 3. The zero-order valence-corrected chi connectivity index (χ0v) is 23.0. The predicted molar refractivity (Wildman–Crippen MR) is 143 cm³/mol. The van der Waals surface area contributed by atoms with Gasteiger partial charge in [0.05, 0.1) is 5.56 Å². The van der Waals surface area contributed by atoms with Gasteiger partial charge in [-0.1, -0.05) is 23.7 Å². The molecule has 0 spiro atoms. The summed E-state index contributed by atoms with van der Waals surface area (Å²) in [7, 11) is 1.54. The molecule has 218 valence electrons. The molecule has 0 radical (unpaired) electrons. The molecule has 2 saturated heterocycles. The monoisotopic (exact) mass is 584 g/mol. The molecule has 2 aliphatic heterocycles. The first-order valence-corrected chi connectivity index (χ1v) is 13.6. The minimum atomic E-state index is -4.63. The van der Waals surface area contributed by atoms with Crippen molar-refractivity contribution in [1.29, 1.82) is 0 Å². The molecule has 2 aromatic rings. The Labute approximate surface area is 235 Å². The first-order valence-electron chi connectivity index (χ1n) is 13.2. The van der Waals surface area contributed by atoms with Crippen LogP contribution in [0.15, 0.2) is 42.5 Å². The van der Waals surface area contributed by atoms with Gasteiger partial charge in [-0.2, -0.15) is 13.2 Å². The van der Waals surface area contributed by atoms with Crippen LogP contribution in [-0.2, 0) is 11.0 Å². The third-order valence-corrected chi connectivity index (χ3v) is 7.92. The number of carbonyl (C=O) groups is 2. The van der Waals surface area contributed by atoms with Crippen molar-refractivity contribution in [3.63, 3.8) is 0 Å². The van der Waals surface area contributed by atoms with E-state index in [0.717, 1.165) is 50.4 Å². The number of aliphatic hydroxyl groups excluding tert-OH is 1. The number of benzene rings is 2. The largest absolute Gasteiger partial charge is 0.416 e. The third kappa shape index (κ3) is 7.51. The van der Waals surface area contributed by atoms with E-state index in [0.29, 0.717) is 25.6 Å². The van der Waals surface area contributed by atoms with Gasteiger partial charge in [0.1, 0.15) is 12.4 Å². The molecular formula is C28H33ClF4N4O3. The van der Waals surface area contributed by atoms with Crippen molar-refractivity contribution in [2.75, 3.05) is 66.0 Å². The number of nitrogens with zero attached hydrogens (tertiary/aromatic N) is 4. The predicted octanol–water partition coefficient (Wildman–Crippen LogP) is 3.56. The number of halogens is 5. The number of rotatable bonds is 9. The lowest BCUT2D eigenvalue weighted by atomic mass is 9.93. The first kappa shape index (κ1) is 30.2. The van der Waals surface area contributed by atoms with Crippen molar-refractivity contribution >= 4 is 23.4 Å². The van der Waals surface area contributed by atoms with Crippen LogP contribution in [0.3, 0.4) is 0 Å². The molecule has 1 N–H and O–H groups in total. The number of aliphatic hydroxyl groups is 1. The molecule has 0 aliphatic carbocycles. The summed E-state index contributed by atoms with van der Waals surface area (Å²) in [6.07, 6.45) is -3.97. The summed E-state index contributed by atoms with van der Waals surface area (Å²) in [5, 5.41) is 8.88. The highest BCUT2D eigenvalue weighted by Crippen LogP contribution is 2.32. The lowest BCUT2D eigenvalue weighted by Crippen LogP contribution is -2.63. The summed E-state index contributed by atoms with van der Waals surface area (Å²) in [5.41, 5.74) is -0.294. The fraction of sp³-hybridized carbons (Fsp3) is 0.500. The molecule has 2 aromatic carbocycles. The number of piperazine rings is 1. The van der Waals surface area contributed by atoms with Crippen LogP contribution < -0.4 is 0 Å². The molecule has 2 fully saturated rings. The topological polar surface area (TPSA) is 67.3 Å². The first-order chi connectivity index (χ1) is 18.9. The smallest absolute Gasteiger partial charge is 0.387 e. The Morgan fingerprint density at radius 1 is 1.07 bits per heavy atom. The third-order valence-electron chi connectivity index (χ3n) is 7.70. The van der Waals surface area contributed by atoms with E-state index in [1.807, 2.05) is 0 Å². The van der Waals surface area contributed by atoms with Crippen molar-refractivity contribution in [3.8, 4) is 0 Å². The molecule has 40 heavy (non-hydrogen) atoms. The van der Waals surface area contributed by atoms with Crippen LogP contribution in [0.1, 0.15) is 33.8 Å². The van der Waals surface area contributed by atoms with Crippen molar-refractivity contribution in [2.24, 2.45) is 0 Å². The molecule has 7 nitrogen and oxygen atoms in total. The van der Waals surface area contributed by atoms with E-state index in [9.17, 15) is 27.2 Å². The van der Waals surface area contributed by atoms with E-state index in [1.165, 1.54) is 30.1 Å². The summed E-state index contributed by atoms with van der Waals surface area (Å²) in [4.78, 5) is 32.5. The molecule has 2 aliphatic rings. The molecule has 4 rings (SSSR count). The van der Waals surface area contributed by atoms with Gasteiger partial charge < -0.3 is 19.8 Å². The zero-order chi connectivity index (χ0) is 29.0. The van der Waals surface area contributed by atoms with E-state index in [4.69, 9.17) is 16.7 Å². The van der Waals surface area contributed by atoms with Crippen molar-refractivity contribution < 1.29 is 32.3 Å². The molecule has 0 bridgehead atoms. The maximum atomic E-state index is 13.6. The fourth-order valence-electron chi connectivity index (χ4n) is 5.34. The van der Waals surface area contributed by atoms with Crippen LogP contribution in [-0.4, -0.2) is 109 Å². The van der Waals surface area contributed by atoms with Gasteiger partial charge >= 0.3 is 6.18 Å². The standard InChI is InChI=1S/C28H33ClF4N4O3/c1-34(27(40)21-12-22(28(31,32)33)14-23(29)13-21)15-20(19-2-4-24(30)5-3-19)6-7-35-16-25(17-35)36-8-10-37(11-9-36)26(39)18-38/h2-5,12-14,20,25,38H,6-11,15-18H2,1H3/t20-/m1/s1. The minimum absolute atomic E-state index is 0.147. The maximum absolute atomic E-state index is 13.6. The van der Waals surface area contributed by atoms with E-state index in [1.54, 1.807) is 17.0 Å². The second-order valence-electron chi connectivity index (χ2n) is 10.4. The Hall–Kier alpha value is -2.73. The fourth-order valence-corrected chi connectivity index (χ4v) is 5.58. The van der Waals surface area contributed by atoms with Gasteiger partial charge in [0.15, 0.2) is 0 Å². The second kappa shape index (κ2) is 12.8. The van der Waals surface area contributed by atoms with Gasteiger partial charge in [-0.15, -0.1) is 0 Å². The second-order valence-corrected chi connectivity index (χ2v) is 10.9. The highest BCUT2D eigenvalue weighted by Gasteiger charge is 2.35. The normalized spacial score (nSPS) is 17.9. The molecule has 0 aromatic heterocycles. The van der Waals surface area contributed by atoms with Crippen LogP contribution >= 0.6 is 11.6 Å². The van der Waals surface area contributed by atoms with E-state index < -0.39 is 24.3 Å². The number of likely N-dealkylation sites (tertiary alicyclic amines) is 1. The van der Waals surface area contributed by atoms with Gasteiger partial charge in [0.2, 0.25) is 5.91 Å². The maximum Gasteiger partial charge on any atom is 0.416 e. The minimum Gasteiger partial charge on any atom is -0.387 e. The molecule has 2 heterocycles. The average molecular weight is 585 g/mol.